The van der Waals surface area contributed by atoms with Gasteiger partial charge in [-0.05, 0) is 37.3 Å². The molecule has 1 heterocycles. The van der Waals surface area contributed by atoms with Gasteiger partial charge < -0.3 is 10.4 Å². The summed E-state index contributed by atoms with van der Waals surface area (Å²) in [6.07, 6.45) is 1.37. The summed E-state index contributed by atoms with van der Waals surface area (Å²) in [5.41, 5.74) is 2.82. The predicted octanol–water partition coefficient (Wildman–Crippen LogP) is 4.61. The van der Waals surface area contributed by atoms with Crippen LogP contribution >= 0.6 is 0 Å². The molecule has 0 aliphatic carbocycles. The van der Waals surface area contributed by atoms with Crippen LogP contribution in [0, 0.1) is 17.0 Å². The van der Waals surface area contributed by atoms with E-state index in [4.69, 9.17) is 0 Å². The van der Waals surface area contributed by atoms with E-state index >= 15 is 0 Å². The van der Waals surface area contributed by atoms with Crippen LogP contribution in [-0.2, 0) is 4.79 Å². The van der Waals surface area contributed by atoms with Gasteiger partial charge in [0.15, 0.2) is 0 Å². The SMILES string of the molecule is Cc1nn(-c2ccc([N+](=O)[O-])cc2)c(-c2ccccc2)c1/C=C(/NC(=O)c1ccccc1)C(=O)O. The van der Waals surface area contributed by atoms with Gasteiger partial charge >= 0.3 is 5.97 Å². The van der Waals surface area contributed by atoms with Crippen molar-refractivity contribution in [3.8, 4) is 16.9 Å². The lowest BCUT2D eigenvalue weighted by molar-refractivity contribution is -0.384. The van der Waals surface area contributed by atoms with Gasteiger partial charge in [-0.1, -0.05) is 48.5 Å². The zero-order valence-corrected chi connectivity index (χ0v) is 18.6. The third-order valence-electron chi connectivity index (χ3n) is 5.26. The third kappa shape index (κ3) is 4.98. The molecule has 2 N–H and O–H groups in total. The van der Waals surface area contributed by atoms with Crippen LogP contribution in [0.25, 0.3) is 23.0 Å². The van der Waals surface area contributed by atoms with E-state index < -0.39 is 16.8 Å². The normalized spacial score (nSPS) is 11.2. The van der Waals surface area contributed by atoms with Crippen molar-refractivity contribution in [2.24, 2.45) is 0 Å². The Morgan fingerprint density at radius 3 is 2.14 bits per heavy atom. The summed E-state index contributed by atoms with van der Waals surface area (Å²) in [5.74, 6) is -1.86. The largest absolute Gasteiger partial charge is 0.477 e. The number of nitro benzene ring substituents is 1. The van der Waals surface area contributed by atoms with Crippen molar-refractivity contribution in [3.05, 3.63) is 118 Å². The number of amides is 1. The van der Waals surface area contributed by atoms with Gasteiger partial charge in [0.25, 0.3) is 11.6 Å². The fourth-order valence-corrected chi connectivity index (χ4v) is 3.57. The summed E-state index contributed by atoms with van der Waals surface area (Å²) in [6, 6.07) is 23.4. The van der Waals surface area contributed by atoms with E-state index in [1.807, 2.05) is 30.3 Å². The number of carbonyl (C=O) groups excluding carboxylic acids is 1. The Kier molecular flexibility index (Phi) is 6.50. The first-order valence-electron chi connectivity index (χ1n) is 10.6. The van der Waals surface area contributed by atoms with Crippen molar-refractivity contribution in [1.82, 2.24) is 15.1 Å². The monoisotopic (exact) mass is 468 g/mol. The number of aliphatic carboxylic acids is 1. The van der Waals surface area contributed by atoms with Crippen molar-refractivity contribution < 1.29 is 19.6 Å². The average molecular weight is 468 g/mol. The van der Waals surface area contributed by atoms with Gasteiger partial charge in [0.1, 0.15) is 5.70 Å². The number of benzene rings is 3. The molecule has 0 atom stereocenters. The molecule has 1 amide bonds. The number of hydrogen-bond donors (Lipinski definition) is 2. The highest BCUT2D eigenvalue weighted by Gasteiger charge is 2.21. The molecule has 0 saturated carbocycles. The molecule has 9 heteroatoms. The standard InChI is InChI=1S/C26H20N4O5/c1-17-22(16-23(26(32)33)27-25(31)19-10-6-3-7-11-19)24(18-8-4-2-5-9-18)29(28-17)20-12-14-21(15-13-20)30(34)35/h2-16H,1H3,(H,27,31)(H,32,33)/b23-16+. The quantitative estimate of drug-likeness (QED) is 0.232. The van der Waals surface area contributed by atoms with E-state index in [1.165, 1.54) is 18.2 Å². The second kappa shape index (κ2) is 9.84. The number of aryl methyl sites for hydroxylation is 1. The van der Waals surface area contributed by atoms with Gasteiger partial charge in [0.2, 0.25) is 0 Å². The molecule has 0 unspecified atom stereocenters. The number of rotatable bonds is 7. The van der Waals surface area contributed by atoms with Crippen molar-refractivity contribution >= 4 is 23.6 Å². The zero-order valence-electron chi connectivity index (χ0n) is 18.6. The van der Waals surface area contributed by atoms with Crippen LogP contribution in [0.15, 0.2) is 90.6 Å². The van der Waals surface area contributed by atoms with Crippen LogP contribution in [0.1, 0.15) is 21.6 Å². The molecular formula is C26H20N4O5. The topological polar surface area (TPSA) is 127 Å². The molecule has 1 aromatic heterocycles. The predicted molar refractivity (Wildman–Crippen MR) is 130 cm³/mol. The van der Waals surface area contributed by atoms with Crippen molar-refractivity contribution in [2.45, 2.75) is 6.92 Å². The van der Waals surface area contributed by atoms with Gasteiger partial charge in [-0.25, -0.2) is 9.48 Å². The number of non-ortho nitro benzene ring substituents is 1. The summed E-state index contributed by atoms with van der Waals surface area (Å²) < 4.78 is 1.60. The number of nitro groups is 1. The molecule has 0 saturated heterocycles. The van der Waals surface area contributed by atoms with Gasteiger partial charge in [-0.2, -0.15) is 5.10 Å². The lowest BCUT2D eigenvalue weighted by Gasteiger charge is -2.10. The first-order valence-corrected chi connectivity index (χ1v) is 10.6. The van der Waals surface area contributed by atoms with E-state index in [-0.39, 0.29) is 11.4 Å². The Morgan fingerprint density at radius 1 is 0.971 bits per heavy atom. The minimum Gasteiger partial charge on any atom is -0.477 e. The van der Waals surface area contributed by atoms with Crippen LogP contribution in [0.3, 0.4) is 0 Å². The smallest absolute Gasteiger partial charge is 0.352 e. The maximum Gasteiger partial charge on any atom is 0.352 e. The Labute approximate surface area is 200 Å². The highest BCUT2D eigenvalue weighted by Crippen LogP contribution is 2.31. The fourth-order valence-electron chi connectivity index (χ4n) is 3.57. The molecular weight excluding hydrogens is 448 g/mol. The number of nitrogens with zero attached hydrogens (tertiary/aromatic N) is 3. The molecule has 0 fully saturated rings. The maximum absolute atomic E-state index is 12.6. The van der Waals surface area contributed by atoms with Crippen LogP contribution in [0.2, 0.25) is 0 Å². The number of aromatic nitrogens is 2. The average Bonchev–Trinajstić information content (AvgIpc) is 3.20. The molecule has 0 aliphatic heterocycles. The summed E-state index contributed by atoms with van der Waals surface area (Å²) >= 11 is 0. The highest BCUT2D eigenvalue weighted by molar-refractivity contribution is 6.03. The first kappa shape index (κ1) is 23.1. The molecule has 4 rings (SSSR count). The minimum absolute atomic E-state index is 0.0594. The molecule has 0 spiro atoms. The number of carboxylic acids is 1. The molecule has 3 aromatic carbocycles. The first-order chi connectivity index (χ1) is 16.8. The lowest BCUT2D eigenvalue weighted by Crippen LogP contribution is -2.27. The van der Waals surface area contributed by atoms with E-state index in [0.717, 1.165) is 5.56 Å². The van der Waals surface area contributed by atoms with Crippen LogP contribution in [0.4, 0.5) is 5.69 Å². The Morgan fingerprint density at radius 2 is 1.57 bits per heavy atom. The van der Waals surface area contributed by atoms with Gasteiger partial charge in [0.05, 0.1) is 22.0 Å². The van der Waals surface area contributed by atoms with Crippen molar-refractivity contribution in [3.63, 3.8) is 0 Å². The van der Waals surface area contributed by atoms with Crippen LogP contribution in [-0.4, -0.2) is 31.7 Å². The zero-order chi connectivity index (χ0) is 24.9. The molecule has 0 radical (unpaired) electrons. The number of carbonyl (C=O) groups is 2. The second-order valence-corrected chi connectivity index (χ2v) is 7.58. The molecule has 0 aliphatic rings. The Bertz CT molecular complexity index is 1430. The fraction of sp³-hybridized carbons (Fsp3) is 0.0385. The van der Waals surface area contributed by atoms with E-state index in [1.54, 1.807) is 54.1 Å². The number of hydrogen-bond acceptors (Lipinski definition) is 5. The van der Waals surface area contributed by atoms with Gasteiger partial charge in [-0.15, -0.1) is 0 Å². The van der Waals surface area contributed by atoms with Crippen molar-refractivity contribution in [1.29, 1.82) is 0 Å². The summed E-state index contributed by atoms with van der Waals surface area (Å²) in [4.78, 5) is 35.2. The van der Waals surface area contributed by atoms with E-state index in [9.17, 15) is 24.8 Å². The van der Waals surface area contributed by atoms with Crippen LogP contribution < -0.4 is 5.32 Å². The highest BCUT2D eigenvalue weighted by atomic mass is 16.6. The number of nitrogens with one attached hydrogen (secondary N) is 1. The molecule has 0 bridgehead atoms. The molecule has 35 heavy (non-hydrogen) atoms. The minimum atomic E-state index is -1.31. The molecule has 4 aromatic rings. The van der Waals surface area contributed by atoms with E-state index in [0.29, 0.717) is 28.2 Å². The lowest BCUT2D eigenvalue weighted by atomic mass is 10.0. The molecule has 174 valence electrons. The molecule has 9 nitrogen and oxygen atoms in total. The summed E-state index contributed by atoms with van der Waals surface area (Å²) in [6.45, 7) is 1.72. The van der Waals surface area contributed by atoms with Crippen LogP contribution in [0.5, 0.6) is 0 Å². The summed E-state index contributed by atoms with van der Waals surface area (Å²) in [7, 11) is 0. The third-order valence-corrected chi connectivity index (χ3v) is 5.26. The maximum atomic E-state index is 12.6. The Balaban J connectivity index is 1.84. The van der Waals surface area contributed by atoms with Gasteiger partial charge in [-0.3, -0.25) is 14.9 Å². The number of carboxylic acid groups (broad SMARTS) is 1. The second-order valence-electron chi connectivity index (χ2n) is 7.58. The van der Waals surface area contributed by atoms with Gasteiger partial charge in [0, 0.05) is 28.8 Å². The summed E-state index contributed by atoms with van der Waals surface area (Å²) in [5, 5.41) is 27.9. The Hall–Kier alpha value is -5.05. The van der Waals surface area contributed by atoms with E-state index in [2.05, 4.69) is 10.4 Å². The van der Waals surface area contributed by atoms with Crippen molar-refractivity contribution in [2.75, 3.05) is 0 Å².